The minimum Gasteiger partial charge on any atom is -0.453 e. The number of fused-ring (bicyclic) bond motifs is 3. The molecule has 0 spiro atoms. The molecule has 4 aromatic rings. The van der Waals surface area contributed by atoms with Gasteiger partial charge in [0.15, 0.2) is 12.4 Å². The van der Waals surface area contributed by atoms with E-state index in [1.165, 1.54) is 21.4 Å². The first-order valence-corrected chi connectivity index (χ1v) is 8.34. The lowest BCUT2D eigenvalue weighted by molar-refractivity contribution is 0.0443. The fourth-order valence-electron chi connectivity index (χ4n) is 2.29. The minimum atomic E-state index is -0.327. The number of carbonyl (C=O) groups excluding carboxylic acids is 1. The van der Waals surface area contributed by atoms with Gasteiger partial charge in [0.05, 0.1) is 10.4 Å². The molecular weight excluding hydrogens is 318 g/mol. The van der Waals surface area contributed by atoms with E-state index in [4.69, 9.17) is 9.26 Å². The van der Waals surface area contributed by atoms with E-state index in [1.807, 2.05) is 25.1 Å². The van der Waals surface area contributed by atoms with Gasteiger partial charge in [-0.15, -0.1) is 22.7 Å². The molecule has 1 aromatic carbocycles. The quantitative estimate of drug-likeness (QED) is 0.508. The van der Waals surface area contributed by atoms with Crippen molar-refractivity contribution in [1.29, 1.82) is 0 Å². The molecule has 0 atom stereocenters. The van der Waals surface area contributed by atoms with Crippen molar-refractivity contribution in [3.8, 4) is 0 Å². The Morgan fingerprint density at radius 2 is 2.09 bits per heavy atom. The summed E-state index contributed by atoms with van der Waals surface area (Å²) in [5, 5.41) is 4.96. The summed E-state index contributed by atoms with van der Waals surface area (Å²) in [6.45, 7) is 1.93. The summed E-state index contributed by atoms with van der Waals surface area (Å²) in [6.07, 6.45) is 0. The second-order valence-corrected chi connectivity index (χ2v) is 7.05. The molecule has 4 nitrogen and oxygen atoms in total. The van der Waals surface area contributed by atoms with Gasteiger partial charge < -0.3 is 9.26 Å². The molecule has 22 heavy (non-hydrogen) atoms. The zero-order valence-electron chi connectivity index (χ0n) is 11.7. The van der Waals surface area contributed by atoms with E-state index in [0.29, 0.717) is 10.6 Å². The summed E-state index contributed by atoms with van der Waals surface area (Å²) >= 11 is 3.16. The topological polar surface area (TPSA) is 52.3 Å². The molecule has 0 aliphatic rings. The molecule has 0 aliphatic heterocycles. The largest absolute Gasteiger partial charge is 0.453 e. The van der Waals surface area contributed by atoms with Crippen molar-refractivity contribution in [3.63, 3.8) is 0 Å². The lowest BCUT2D eigenvalue weighted by atomic mass is 10.2. The van der Waals surface area contributed by atoms with E-state index in [2.05, 4.69) is 17.3 Å². The van der Waals surface area contributed by atoms with Gasteiger partial charge in [0.1, 0.15) is 4.88 Å². The number of rotatable bonds is 3. The Morgan fingerprint density at radius 1 is 1.23 bits per heavy atom. The number of aromatic nitrogens is 1. The Balaban J connectivity index is 1.59. The molecule has 0 fully saturated rings. The third kappa shape index (κ3) is 2.30. The van der Waals surface area contributed by atoms with Crippen LogP contribution in [-0.4, -0.2) is 11.1 Å². The molecule has 0 radical (unpaired) electrons. The standard InChI is InChI=1S/C16H11NO3S2/c1-9-6-10(20-17-9)8-19-16(18)14-7-13-15(22-14)11-4-2-3-5-12(11)21-13/h2-7H,8H2,1H3. The van der Waals surface area contributed by atoms with Crippen molar-refractivity contribution in [1.82, 2.24) is 5.16 Å². The number of hydrogen-bond donors (Lipinski definition) is 0. The zero-order chi connectivity index (χ0) is 15.1. The highest BCUT2D eigenvalue weighted by Crippen LogP contribution is 2.39. The van der Waals surface area contributed by atoms with Gasteiger partial charge in [0.25, 0.3) is 0 Å². The molecule has 0 aliphatic carbocycles. The average molecular weight is 329 g/mol. The molecule has 3 heterocycles. The Labute approximate surface area is 133 Å². The van der Waals surface area contributed by atoms with E-state index in [0.717, 1.165) is 15.1 Å². The maximum Gasteiger partial charge on any atom is 0.348 e. The van der Waals surface area contributed by atoms with Gasteiger partial charge >= 0.3 is 5.97 Å². The molecule has 0 amide bonds. The number of thiophene rings is 2. The molecule has 0 saturated carbocycles. The lowest BCUT2D eigenvalue weighted by Crippen LogP contribution is -2.02. The Morgan fingerprint density at radius 3 is 2.91 bits per heavy atom. The van der Waals surface area contributed by atoms with E-state index in [9.17, 15) is 4.79 Å². The third-order valence-corrected chi connectivity index (χ3v) is 5.67. The van der Waals surface area contributed by atoms with Crippen molar-refractivity contribution >= 4 is 48.1 Å². The Bertz CT molecular complexity index is 980. The van der Waals surface area contributed by atoms with Gasteiger partial charge in [-0.3, -0.25) is 0 Å². The molecule has 0 unspecified atom stereocenters. The molecule has 4 rings (SSSR count). The number of esters is 1. The average Bonchev–Trinajstić information content (AvgIpc) is 3.18. The molecule has 110 valence electrons. The molecule has 0 bridgehead atoms. The van der Waals surface area contributed by atoms with Gasteiger partial charge in [0.2, 0.25) is 0 Å². The summed E-state index contributed by atoms with van der Waals surface area (Å²) in [4.78, 5) is 12.8. The number of benzene rings is 1. The third-order valence-electron chi connectivity index (χ3n) is 3.27. The monoisotopic (exact) mass is 329 g/mol. The number of carbonyl (C=O) groups is 1. The summed E-state index contributed by atoms with van der Waals surface area (Å²) in [6, 6.07) is 11.9. The normalized spacial score (nSPS) is 11.3. The highest BCUT2D eigenvalue weighted by atomic mass is 32.1. The molecule has 6 heteroatoms. The SMILES string of the molecule is Cc1cc(COC(=O)c2cc3sc4ccccc4c3s2)on1. The van der Waals surface area contributed by atoms with Crippen LogP contribution in [0.15, 0.2) is 40.9 Å². The summed E-state index contributed by atoms with van der Waals surface area (Å²) in [7, 11) is 0. The van der Waals surface area contributed by atoms with E-state index < -0.39 is 0 Å². The predicted molar refractivity (Wildman–Crippen MR) is 87.6 cm³/mol. The van der Waals surface area contributed by atoms with Crippen LogP contribution in [0.4, 0.5) is 0 Å². The Hall–Kier alpha value is -2.18. The summed E-state index contributed by atoms with van der Waals surface area (Å²) in [5.41, 5.74) is 0.772. The first kappa shape index (κ1) is 13.5. The van der Waals surface area contributed by atoms with Crippen LogP contribution in [-0.2, 0) is 11.3 Å². The van der Waals surface area contributed by atoms with Gasteiger partial charge in [-0.1, -0.05) is 23.4 Å². The fraction of sp³-hybridized carbons (Fsp3) is 0.125. The van der Waals surface area contributed by atoms with Crippen molar-refractivity contribution in [2.24, 2.45) is 0 Å². The molecular formula is C16H11NO3S2. The highest BCUT2D eigenvalue weighted by Gasteiger charge is 2.16. The van der Waals surface area contributed by atoms with Crippen LogP contribution < -0.4 is 0 Å². The van der Waals surface area contributed by atoms with Crippen LogP contribution in [0, 0.1) is 6.92 Å². The van der Waals surface area contributed by atoms with Crippen molar-refractivity contribution < 1.29 is 14.1 Å². The highest BCUT2D eigenvalue weighted by molar-refractivity contribution is 7.33. The second kappa shape index (κ2) is 5.23. The maximum atomic E-state index is 12.2. The van der Waals surface area contributed by atoms with Crippen LogP contribution >= 0.6 is 22.7 Å². The zero-order valence-corrected chi connectivity index (χ0v) is 13.3. The number of hydrogen-bond acceptors (Lipinski definition) is 6. The van der Waals surface area contributed by atoms with Crippen LogP contribution in [0.25, 0.3) is 19.5 Å². The van der Waals surface area contributed by atoms with Crippen molar-refractivity contribution in [3.05, 3.63) is 52.7 Å². The van der Waals surface area contributed by atoms with Gasteiger partial charge in [-0.25, -0.2) is 4.79 Å². The summed E-state index contributed by atoms with van der Waals surface area (Å²) < 4.78 is 13.8. The van der Waals surface area contributed by atoms with Gasteiger partial charge in [0, 0.05) is 20.9 Å². The van der Waals surface area contributed by atoms with E-state index >= 15 is 0 Å². The van der Waals surface area contributed by atoms with Crippen LogP contribution in [0.5, 0.6) is 0 Å². The number of aryl methyl sites for hydroxylation is 1. The first-order chi connectivity index (χ1) is 10.7. The number of nitrogens with zero attached hydrogens (tertiary/aromatic N) is 1. The van der Waals surface area contributed by atoms with Crippen LogP contribution in [0.1, 0.15) is 21.1 Å². The molecule has 0 N–H and O–H groups in total. The maximum absolute atomic E-state index is 12.2. The Kier molecular flexibility index (Phi) is 3.20. The fourth-order valence-corrected chi connectivity index (χ4v) is 4.71. The van der Waals surface area contributed by atoms with Crippen molar-refractivity contribution in [2.75, 3.05) is 0 Å². The first-order valence-electron chi connectivity index (χ1n) is 6.71. The molecule has 3 aromatic heterocycles. The van der Waals surface area contributed by atoms with Gasteiger partial charge in [-0.05, 0) is 19.1 Å². The van der Waals surface area contributed by atoms with Gasteiger partial charge in [-0.2, -0.15) is 0 Å². The second-order valence-electron chi connectivity index (χ2n) is 4.91. The predicted octanol–water partition coefficient (Wildman–Crippen LogP) is 4.77. The van der Waals surface area contributed by atoms with E-state index in [1.54, 1.807) is 17.4 Å². The molecule has 0 saturated heterocycles. The van der Waals surface area contributed by atoms with Crippen molar-refractivity contribution in [2.45, 2.75) is 13.5 Å². The summed E-state index contributed by atoms with van der Waals surface area (Å²) in [5.74, 6) is 0.223. The minimum absolute atomic E-state index is 0.103. The lowest BCUT2D eigenvalue weighted by Gasteiger charge is -1.99. The number of ether oxygens (including phenoxy) is 1. The van der Waals surface area contributed by atoms with E-state index in [-0.39, 0.29) is 12.6 Å². The van der Waals surface area contributed by atoms with Crippen LogP contribution in [0.3, 0.4) is 0 Å². The van der Waals surface area contributed by atoms with Crippen LogP contribution in [0.2, 0.25) is 0 Å². The smallest absolute Gasteiger partial charge is 0.348 e.